The second kappa shape index (κ2) is 6.38. The fourth-order valence-electron chi connectivity index (χ4n) is 1.79. The monoisotopic (exact) mass is 249 g/mol. The number of amides is 1. The maximum Gasteiger partial charge on any atom is 0.251 e. The summed E-state index contributed by atoms with van der Waals surface area (Å²) >= 11 is 0. The number of nitrogens with zero attached hydrogens (tertiary/aromatic N) is 1. The number of aryl methyl sites for hydroxylation is 1. The second-order valence-electron chi connectivity index (χ2n) is 5.27. The van der Waals surface area contributed by atoms with Crippen molar-refractivity contribution in [2.75, 3.05) is 5.73 Å². The number of hydrogen-bond acceptors (Lipinski definition) is 3. The number of nitrogens with two attached hydrogens (primary N) is 1. The second-order valence-corrected chi connectivity index (χ2v) is 5.27. The van der Waals surface area contributed by atoms with E-state index in [1.807, 2.05) is 13.8 Å². The van der Waals surface area contributed by atoms with E-state index < -0.39 is 0 Å². The van der Waals surface area contributed by atoms with E-state index in [9.17, 15) is 4.79 Å². The van der Waals surface area contributed by atoms with E-state index >= 15 is 0 Å². The summed E-state index contributed by atoms with van der Waals surface area (Å²) in [4.78, 5) is 16.1. The van der Waals surface area contributed by atoms with Crippen molar-refractivity contribution in [3.8, 4) is 0 Å². The summed E-state index contributed by atoms with van der Waals surface area (Å²) in [6.07, 6.45) is 2.10. The molecule has 0 fully saturated rings. The summed E-state index contributed by atoms with van der Waals surface area (Å²) in [5, 5.41) is 2.98. The molecule has 1 atom stereocenters. The van der Waals surface area contributed by atoms with Gasteiger partial charge < -0.3 is 11.1 Å². The Morgan fingerprint density at radius 3 is 2.56 bits per heavy atom. The first-order chi connectivity index (χ1) is 8.38. The molecule has 3 N–H and O–H groups in total. The van der Waals surface area contributed by atoms with Gasteiger partial charge in [0.15, 0.2) is 0 Å². The number of nitrogen functional groups attached to an aromatic ring is 1. The van der Waals surface area contributed by atoms with Crippen molar-refractivity contribution in [3.05, 3.63) is 23.4 Å². The van der Waals surface area contributed by atoms with Gasteiger partial charge in [-0.2, -0.15) is 0 Å². The Morgan fingerprint density at radius 1 is 1.33 bits per heavy atom. The van der Waals surface area contributed by atoms with E-state index in [-0.39, 0.29) is 11.9 Å². The van der Waals surface area contributed by atoms with Crippen LogP contribution in [0.5, 0.6) is 0 Å². The van der Waals surface area contributed by atoms with E-state index in [0.717, 1.165) is 18.5 Å². The minimum Gasteiger partial charge on any atom is -0.384 e. The van der Waals surface area contributed by atoms with Gasteiger partial charge in [0.05, 0.1) is 0 Å². The van der Waals surface area contributed by atoms with Crippen molar-refractivity contribution in [1.82, 2.24) is 10.3 Å². The average Bonchev–Trinajstić information content (AvgIpc) is 2.25. The van der Waals surface area contributed by atoms with Crippen LogP contribution < -0.4 is 11.1 Å². The van der Waals surface area contributed by atoms with Crippen LogP contribution in [0.3, 0.4) is 0 Å². The molecule has 18 heavy (non-hydrogen) atoms. The number of anilines is 1. The zero-order valence-electron chi connectivity index (χ0n) is 11.7. The molecule has 1 rings (SSSR count). The Labute approximate surface area is 109 Å². The normalized spacial score (nSPS) is 12.5. The van der Waals surface area contributed by atoms with Crippen molar-refractivity contribution >= 4 is 11.7 Å². The quantitative estimate of drug-likeness (QED) is 0.842. The third-order valence-corrected chi connectivity index (χ3v) is 2.79. The Bertz CT molecular complexity index is 395. The van der Waals surface area contributed by atoms with Crippen molar-refractivity contribution < 1.29 is 4.79 Å². The number of hydrogen-bond donors (Lipinski definition) is 2. The number of pyridine rings is 1. The number of carbonyl (C=O) groups is 1. The minimum absolute atomic E-state index is 0.0801. The van der Waals surface area contributed by atoms with E-state index in [1.54, 1.807) is 12.1 Å². The summed E-state index contributed by atoms with van der Waals surface area (Å²) in [5.41, 5.74) is 6.97. The van der Waals surface area contributed by atoms with Crippen molar-refractivity contribution in [1.29, 1.82) is 0 Å². The topological polar surface area (TPSA) is 68.0 Å². The molecule has 0 aliphatic rings. The molecule has 1 heterocycles. The predicted octanol–water partition coefficient (Wildman–Crippen LogP) is 2.53. The van der Waals surface area contributed by atoms with Gasteiger partial charge in [-0.1, -0.05) is 13.8 Å². The van der Waals surface area contributed by atoms with Crippen molar-refractivity contribution in [3.63, 3.8) is 0 Å². The molecule has 1 unspecified atom stereocenters. The highest BCUT2D eigenvalue weighted by molar-refractivity contribution is 5.95. The summed E-state index contributed by atoms with van der Waals surface area (Å²) in [5.74, 6) is 0.960. The van der Waals surface area contributed by atoms with Gasteiger partial charge in [-0.25, -0.2) is 4.98 Å². The van der Waals surface area contributed by atoms with E-state index in [1.165, 1.54) is 0 Å². The highest BCUT2D eigenvalue weighted by atomic mass is 16.1. The molecule has 4 nitrogen and oxygen atoms in total. The van der Waals surface area contributed by atoms with Crippen LogP contribution in [-0.2, 0) is 0 Å². The number of carbonyl (C=O) groups excluding carboxylic acids is 1. The van der Waals surface area contributed by atoms with Crippen LogP contribution >= 0.6 is 0 Å². The molecule has 1 aromatic rings. The van der Waals surface area contributed by atoms with Gasteiger partial charge >= 0.3 is 0 Å². The number of nitrogens with one attached hydrogen (secondary N) is 1. The predicted molar refractivity (Wildman–Crippen MR) is 74.4 cm³/mol. The molecule has 1 amide bonds. The Hall–Kier alpha value is -1.58. The van der Waals surface area contributed by atoms with Gasteiger partial charge in [-0.3, -0.25) is 4.79 Å². The number of aromatic nitrogens is 1. The lowest BCUT2D eigenvalue weighted by Gasteiger charge is -2.15. The van der Waals surface area contributed by atoms with Gasteiger partial charge in [0.25, 0.3) is 5.91 Å². The molecule has 4 heteroatoms. The van der Waals surface area contributed by atoms with Gasteiger partial charge in [0, 0.05) is 17.3 Å². The molecular formula is C14H23N3O. The van der Waals surface area contributed by atoms with Crippen LogP contribution in [0.4, 0.5) is 5.82 Å². The van der Waals surface area contributed by atoms with Crippen molar-refractivity contribution in [2.45, 2.75) is 46.6 Å². The summed E-state index contributed by atoms with van der Waals surface area (Å²) < 4.78 is 0. The molecule has 0 spiro atoms. The summed E-state index contributed by atoms with van der Waals surface area (Å²) in [6.45, 7) is 8.22. The fraction of sp³-hybridized carbons (Fsp3) is 0.571. The zero-order valence-corrected chi connectivity index (χ0v) is 11.7. The summed E-state index contributed by atoms with van der Waals surface area (Å²) in [7, 11) is 0. The van der Waals surface area contributed by atoms with Crippen LogP contribution in [0.1, 0.15) is 49.7 Å². The largest absolute Gasteiger partial charge is 0.384 e. The lowest BCUT2D eigenvalue weighted by atomic mass is 10.0. The maximum absolute atomic E-state index is 12.0. The molecule has 0 aliphatic carbocycles. The van der Waals surface area contributed by atoms with E-state index in [0.29, 0.717) is 17.3 Å². The summed E-state index contributed by atoms with van der Waals surface area (Å²) in [6, 6.07) is 3.54. The molecule has 0 radical (unpaired) electrons. The molecule has 0 bridgehead atoms. The first kappa shape index (κ1) is 14.5. The van der Waals surface area contributed by atoms with E-state index in [4.69, 9.17) is 5.73 Å². The average molecular weight is 249 g/mol. The molecule has 0 aliphatic heterocycles. The molecule has 0 saturated carbocycles. The Kier molecular flexibility index (Phi) is 5.13. The third-order valence-electron chi connectivity index (χ3n) is 2.79. The van der Waals surface area contributed by atoms with Gasteiger partial charge in [-0.15, -0.1) is 0 Å². The van der Waals surface area contributed by atoms with Crippen LogP contribution in [0, 0.1) is 12.8 Å². The molecule has 0 aromatic carbocycles. The molecule has 1 aromatic heterocycles. The molecular weight excluding hydrogens is 226 g/mol. The maximum atomic E-state index is 12.0. The first-order valence-electron chi connectivity index (χ1n) is 6.43. The van der Waals surface area contributed by atoms with Crippen molar-refractivity contribution in [2.24, 2.45) is 5.92 Å². The van der Waals surface area contributed by atoms with Gasteiger partial charge in [-0.05, 0) is 44.7 Å². The van der Waals surface area contributed by atoms with Crippen LogP contribution in [0.2, 0.25) is 0 Å². The Morgan fingerprint density at radius 2 is 2.00 bits per heavy atom. The molecule has 100 valence electrons. The van der Waals surface area contributed by atoms with Gasteiger partial charge in [0.1, 0.15) is 5.82 Å². The highest BCUT2D eigenvalue weighted by Gasteiger charge is 2.11. The minimum atomic E-state index is -0.0801. The highest BCUT2D eigenvalue weighted by Crippen LogP contribution is 2.09. The smallest absolute Gasteiger partial charge is 0.251 e. The van der Waals surface area contributed by atoms with E-state index in [2.05, 4.69) is 24.1 Å². The lowest BCUT2D eigenvalue weighted by molar-refractivity contribution is 0.0937. The SMILES string of the molecule is Cc1cc(C(=O)NC(C)CCC(C)C)cc(N)n1. The van der Waals surface area contributed by atoms with Crippen LogP contribution in [0.25, 0.3) is 0 Å². The fourth-order valence-corrected chi connectivity index (χ4v) is 1.79. The number of rotatable bonds is 5. The first-order valence-corrected chi connectivity index (χ1v) is 6.43. The van der Waals surface area contributed by atoms with Gasteiger partial charge in [0.2, 0.25) is 0 Å². The van der Waals surface area contributed by atoms with Crippen LogP contribution in [0.15, 0.2) is 12.1 Å². The standard InChI is InChI=1S/C14H23N3O/c1-9(2)5-6-10(3)17-14(18)12-7-11(4)16-13(15)8-12/h7-10H,5-6H2,1-4H3,(H2,15,16)(H,17,18). The Balaban J connectivity index is 2.59. The lowest BCUT2D eigenvalue weighted by Crippen LogP contribution is -2.32. The van der Waals surface area contributed by atoms with Crippen LogP contribution in [-0.4, -0.2) is 16.9 Å². The zero-order chi connectivity index (χ0) is 13.7. The third kappa shape index (κ3) is 4.73. The molecule has 0 saturated heterocycles.